The summed E-state index contributed by atoms with van der Waals surface area (Å²) < 4.78 is 5.08. The van der Waals surface area contributed by atoms with E-state index in [1.165, 1.54) is 0 Å². The van der Waals surface area contributed by atoms with Crippen LogP contribution >= 0.6 is 0 Å². The largest absolute Gasteiger partial charge is 0.477 e. The molecular formula is C13H17N3O3. The van der Waals surface area contributed by atoms with Gasteiger partial charge in [0.15, 0.2) is 5.69 Å². The molecule has 102 valence electrons. The van der Waals surface area contributed by atoms with E-state index in [1.54, 1.807) is 13.8 Å². The maximum Gasteiger partial charge on any atom is 0.354 e. The number of rotatable bonds is 2. The summed E-state index contributed by atoms with van der Waals surface area (Å²) in [6.07, 6.45) is 0. The summed E-state index contributed by atoms with van der Waals surface area (Å²) in [6.45, 7) is 9.41. The molecule has 0 aliphatic heterocycles. The fraction of sp³-hybridized carbons (Fsp3) is 0.462. The fourth-order valence-corrected chi connectivity index (χ4v) is 1.89. The number of hydrogen-bond acceptors (Lipinski definition) is 4. The molecule has 0 aliphatic rings. The van der Waals surface area contributed by atoms with Crippen LogP contribution in [0.2, 0.25) is 0 Å². The van der Waals surface area contributed by atoms with E-state index >= 15 is 0 Å². The number of nitrogens with one attached hydrogen (secondary N) is 1. The Morgan fingerprint density at radius 2 is 1.95 bits per heavy atom. The highest BCUT2D eigenvalue weighted by Crippen LogP contribution is 2.31. The molecule has 0 saturated heterocycles. The van der Waals surface area contributed by atoms with E-state index in [1.807, 2.05) is 20.8 Å². The van der Waals surface area contributed by atoms with Gasteiger partial charge in [0.05, 0.1) is 11.3 Å². The number of hydrogen-bond donors (Lipinski definition) is 2. The van der Waals surface area contributed by atoms with Gasteiger partial charge >= 0.3 is 5.97 Å². The van der Waals surface area contributed by atoms with Crippen LogP contribution in [0.4, 0.5) is 0 Å². The molecule has 0 fully saturated rings. The number of carboxylic acid groups (broad SMARTS) is 1. The second kappa shape index (κ2) is 4.22. The molecule has 2 rings (SSSR count). The van der Waals surface area contributed by atoms with Gasteiger partial charge in [0.2, 0.25) is 0 Å². The van der Waals surface area contributed by atoms with Crippen LogP contribution in [0.25, 0.3) is 11.3 Å². The maximum absolute atomic E-state index is 11.4. The van der Waals surface area contributed by atoms with Crippen LogP contribution in [0.5, 0.6) is 0 Å². The Morgan fingerprint density at radius 3 is 2.37 bits per heavy atom. The molecule has 2 heterocycles. The summed E-state index contributed by atoms with van der Waals surface area (Å²) in [7, 11) is 0. The van der Waals surface area contributed by atoms with Gasteiger partial charge in [-0.3, -0.25) is 0 Å². The van der Waals surface area contributed by atoms with E-state index in [2.05, 4.69) is 15.1 Å². The van der Waals surface area contributed by atoms with E-state index in [4.69, 9.17) is 4.52 Å². The molecule has 0 atom stereocenters. The fourth-order valence-electron chi connectivity index (χ4n) is 1.89. The molecule has 0 bridgehead atoms. The maximum atomic E-state index is 11.4. The van der Waals surface area contributed by atoms with Gasteiger partial charge < -0.3 is 14.6 Å². The normalized spacial score (nSPS) is 11.8. The first-order chi connectivity index (χ1) is 8.71. The number of imidazole rings is 1. The number of aryl methyl sites for hydroxylation is 2. The topological polar surface area (TPSA) is 92.0 Å². The predicted molar refractivity (Wildman–Crippen MR) is 69.2 cm³/mol. The van der Waals surface area contributed by atoms with Crippen molar-refractivity contribution in [1.82, 2.24) is 15.1 Å². The van der Waals surface area contributed by atoms with Crippen molar-refractivity contribution in [3.63, 3.8) is 0 Å². The zero-order chi connectivity index (χ0) is 14.4. The molecule has 19 heavy (non-hydrogen) atoms. The van der Waals surface area contributed by atoms with Crippen molar-refractivity contribution in [1.29, 1.82) is 0 Å². The Balaban J connectivity index is 2.69. The van der Waals surface area contributed by atoms with Crippen LogP contribution in [0.3, 0.4) is 0 Å². The van der Waals surface area contributed by atoms with Crippen LogP contribution in [0.1, 0.15) is 48.5 Å². The average Bonchev–Trinajstić information content (AvgIpc) is 2.82. The standard InChI is InChI=1S/C13H17N3O3/c1-6-8(7(2)19-16-6)9-10(11(17)18)15-12(14-9)13(3,4)5/h1-5H3,(H,14,15)(H,17,18). The first-order valence-corrected chi connectivity index (χ1v) is 5.99. The summed E-state index contributed by atoms with van der Waals surface area (Å²) in [4.78, 5) is 18.7. The van der Waals surface area contributed by atoms with Crippen molar-refractivity contribution >= 4 is 5.97 Å². The van der Waals surface area contributed by atoms with Crippen molar-refractivity contribution < 1.29 is 14.4 Å². The van der Waals surface area contributed by atoms with Crippen LogP contribution in [0.15, 0.2) is 4.52 Å². The van der Waals surface area contributed by atoms with E-state index in [-0.39, 0.29) is 11.1 Å². The van der Waals surface area contributed by atoms with Crippen LogP contribution in [0, 0.1) is 13.8 Å². The first kappa shape index (κ1) is 13.3. The molecule has 0 saturated carbocycles. The Kier molecular flexibility index (Phi) is 2.96. The van der Waals surface area contributed by atoms with Crippen molar-refractivity contribution in [3.8, 4) is 11.3 Å². The van der Waals surface area contributed by atoms with E-state index in [0.717, 1.165) is 0 Å². The van der Waals surface area contributed by atoms with Gasteiger partial charge in [0.1, 0.15) is 17.3 Å². The van der Waals surface area contributed by atoms with Gasteiger partial charge in [-0.05, 0) is 13.8 Å². The van der Waals surface area contributed by atoms with Gasteiger partial charge in [-0.25, -0.2) is 9.78 Å². The number of H-pyrrole nitrogens is 1. The minimum absolute atomic E-state index is 0.0688. The molecule has 2 N–H and O–H groups in total. The lowest BCUT2D eigenvalue weighted by molar-refractivity contribution is 0.0692. The van der Waals surface area contributed by atoms with Gasteiger partial charge in [0, 0.05) is 5.41 Å². The average molecular weight is 263 g/mol. The molecule has 6 nitrogen and oxygen atoms in total. The van der Waals surface area contributed by atoms with Gasteiger partial charge in [-0.2, -0.15) is 0 Å². The molecule has 0 amide bonds. The highest BCUT2D eigenvalue weighted by molar-refractivity contribution is 5.93. The summed E-state index contributed by atoms with van der Waals surface area (Å²) in [5.41, 5.74) is 1.46. The summed E-state index contributed by atoms with van der Waals surface area (Å²) in [5.74, 6) is 0.143. The van der Waals surface area contributed by atoms with Crippen molar-refractivity contribution in [2.75, 3.05) is 0 Å². The zero-order valence-electron chi connectivity index (χ0n) is 11.7. The number of aromatic nitrogens is 3. The Bertz CT molecular complexity index is 613. The number of aromatic carboxylic acids is 1. The number of aromatic amines is 1. The lowest BCUT2D eigenvalue weighted by Gasteiger charge is -2.13. The highest BCUT2D eigenvalue weighted by atomic mass is 16.5. The summed E-state index contributed by atoms with van der Waals surface area (Å²) in [6, 6.07) is 0. The van der Waals surface area contributed by atoms with Crippen LogP contribution in [-0.2, 0) is 5.41 Å². The van der Waals surface area contributed by atoms with Gasteiger partial charge in [0.25, 0.3) is 0 Å². The Labute approximate surface area is 110 Å². The predicted octanol–water partition coefficient (Wildman–Crippen LogP) is 2.68. The molecule has 2 aromatic rings. The molecular weight excluding hydrogens is 246 g/mol. The SMILES string of the molecule is Cc1noc(C)c1-c1nc(C(C)(C)C)[nH]c1C(=O)O. The summed E-state index contributed by atoms with van der Waals surface area (Å²) >= 11 is 0. The third-order valence-corrected chi connectivity index (χ3v) is 2.90. The second-order valence-electron chi connectivity index (χ2n) is 5.56. The van der Waals surface area contributed by atoms with Crippen molar-refractivity contribution in [2.45, 2.75) is 40.0 Å². The molecule has 2 aromatic heterocycles. The summed E-state index contributed by atoms with van der Waals surface area (Å²) in [5, 5.41) is 13.1. The molecule has 0 spiro atoms. The quantitative estimate of drug-likeness (QED) is 0.869. The van der Waals surface area contributed by atoms with Crippen molar-refractivity contribution in [3.05, 3.63) is 23.0 Å². The van der Waals surface area contributed by atoms with E-state index < -0.39 is 5.97 Å². The van der Waals surface area contributed by atoms with Crippen molar-refractivity contribution in [2.24, 2.45) is 0 Å². The third kappa shape index (κ3) is 2.25. The number of carbonyl (C=O) groups is 1. The number of nitrogens with zero attached hydrogens (tertiary/aromatic N) is 2. The Morgan fingerprint density at radius 1 is 1.32 bits per heavy atom. The highest BCUT2D eigenvalue weighted by Gasteiger charge is 2.27. The Hall–Kier alpha value is -2.11. The second-order valence-corrected chi connectivity index (χ2v) is 5.56. The lowest BCUT2D eigenvalue weighted by Crippen LogP contribution is -2.13. The smallest absolute Gasteiger partial charge is 0.354 e. The van der Waals surface area contributed by atoms with Gasteiger partial charge in [-0.1, -0.05) is 25.9 Å². The zero-order valence-corrected chi connectivity index (χ0v) is 11.7. The number of carboxylic acids is 1. The molecule has 0 radical (unpaired) electrons. The lowest BCUT2D eigenvalue weighted by atomic mass is 9.96. The molecule has 0 aromatic carbocycles. The van der Waals surface area contributed by atoms with Crippen LogP contribution < -0.4 is 0 Å². The molecule has 0 unspecified atom stereocenters. The van der Waals surface area contributed by atoms with E-state index in [9.17, 15) is 9.90 Å². The first-order valence-electron chi connectivity index (χ1n) is 5.99. The van der Waals surface area contributed by atoms with Crippen LogP contribution in [-0.4, -0.2) is 26.2 Å². The van der Waals surface area contributed by atoms with Gasteiger partial charge in [-0.15, -0.1) is 0 Å². The van der Waals surface area contributed by atoms with E-state index in [0.29, 0.717) is 28.5 Å². The minimum Gasteiger partial charge on any atom is -0.477 e. The monoisotopic (exact) mass is 263 g/mol. The minimum atomic E-state index is -1.04. The molecule has 0 aliphatic carbocycles. The molecule has 6 heteroatoms. The third-order valence-electron chi connectivity index (χ3n) is 2.90.